The van der Waals surface area contributed by atoms with Crippen molar-refractivity contribution in [3.8, 4) is 0 Å². The fraction of sp³-hybridized carbons (Fsp3) is 0.538. The predicted octanol–water partition coefficient (Wildman–Crippen LogP) is 6.77. The number of carbonyl (C=O) groups excluding carboxylic acids is 1. The first-order valence-corrected chi connectivity index (χ1v) is 13.4. The van der Waals surface area contributed by atoms with E-state index < -0.39 is 38.8 Å². The van der Waals surface area contributed by atoms with Gasteiger partial charge >= 0.3 is 6.18 Å². The van der Waals surface area contributed by atoms with E-state index in [4.69, 9.17) is 0 Å². The molecular formula is C26H30F5NO3S. The fourth-order valence-corrected chi connectivity index (χ4v) is 6.26. The molecule has 0 N–H and O–H groups in total. The number of benzene rings is 1. The maximum atomic E-state index is 14.1. The van der Waals surface area contributed by atoms with Crippen molar-refractivity contribution in [2.75, 3.05) is 0 Å². The minimum Gasteiger partial charge on any atom is -0.299 e. The van der Waals surface area contributed by atoms with Crippen LogP contribution in [0.2, 0.25) is 0 Å². The van der Waals surface area contributed by atoms with Crippen molar-refractivity contribution in [3.63, 3.8) is 0 Å². The van der Waals surface area contributed by atoms with Gasteiger partial charge < -0.3 is 0 Å². The van der Waals surface area contributed by atoms with Crippen molar-refractivity contribution in [2.24, 2.45) is 11.8 Å². The van der Waals surface area contributed by atoms with Crippen molar-refractivity contribution in [1.82, 2.24) is 4.98 Å². The predicted molar refractivity (Wildman–Crippen MR) is 125 cm³/mol. The smallest absolute Gasteiger partial charge is 0.299 e. The van der Waals surface area contributed by atoms with Crippen molar-refractivity contribution in [3.05, 3.63) is 59.4 Å². The number of alkyl halides is 5. The number of aryl methyl sites for hydroxylation is 1. The highest BCUT2D eigenvalue weighted by molar-refractivity contribution is 7.92. The summed E-state index contributed by atoms with van der Waals surface area (Å²) in [5.74, 6) is -3.72. The molecule has 0 saturated heterocycles. The van der Waals surface area contributed by atoms with Gasteiger partial charge in [-0.15, -0.1) is 0 Å². The minimum atomic E-state index is -4.50. The Kier molecular flexibility index (Phi) is 7.98. The van der Waals surface area contributed by atoms with Crippen LogP contribution in [0.1, 0.15) is 69.7 Å². The van der Waals surface area contributed by atoms with Crippen LogP contribution in [0.15, 0.2) is 47.5 Å². The highest BCUT2D eigenvalue weighted by Crippen LogP contribution is 2.47. The zero-order valence-electron chi connectivity index (χ0n) is 20.4. The average Bonchev–Trinajstić information content (AvgIpc) is 2.77. The lowest BCUT2D eigenvalue weighted by molar-refractivity contribution is -0.141. The number of nitrogens with zero attached hydrogens (tertiary/aromatic N) is 1. The first-order chi connectivity index (χ1) is 16.6. The van der Waals surface area contributed by atoms with Gasteiger partial charge in [-0.05, 0) is 69.2 Å². The Labute approximate surface area is 208 Å². The molecule has 0 bridgehead atoms. The molecule has 36 heavy (non-hydrogen) atoms. The molecule has 0 aliphatic heterocycles. The summed E-state index contributed by atoms with van der Waals surface area (Å²) in [5, 5.41) is 0. The van der Waals surface area contributed by atoms with Crippen LogP contribution in [-0.4, -0.2) is 23.9 Å². The Morgan fingerprint density at radius 2 is 1.72 bits per heavy atom. The molecule has 0 spiro atoms. The highest BCUT2D eigenvalue weighted by atomic mass is 32.2. The van der Waals surface area contributed by atoms with E-state index in [2.05, 4.69) is 4.98 Å². The molecule has 1 fully saturated rings. The fourth-order valence-electron chi connectivity index (χ4n) is 4.48. The maximum Gasteiger partial charge on any atom is 0.433 e. The van der Waals surface area contributed by atoms with Crippen LogP contribution in [-0.2, 0) is 33.2 Å². The van der Waals surface area contributed by atoms with Gasteiger partial charge in [0.25, 0.3) is 5.92 Å². The second kappa shape index (κ2) is 10.2. The number of aromatic nitrogens is 1. The van der Waals surface area contributed by atoms with Gasteiger partial charge in [0.05, 0.1) is 9.64 Å². The van der Waals surface area contributed by atoms with E-state index in [1.165, 1.54) is 31.2 Å². The Morgan fingerprint density at radius 3 is 2.28 bits per heavy atom. The summed E-state index contributed by atoms with van der Waals surface area (Å²) in [6, 6.07) is 7.16. The number of carbonyl (C=O) groups is 1. The van der Waals surface area contributed by atoms with Gasteiger partial charge in [-0.3, -0.25) is 9.78 Å². The largest absolute Gasteiger partial charge is 0.433 e. The highest BCUT2D eigenvalue weighted by Gasteiger charge is 2.50. The molecule has 0 unspecified atom stereocenters. The molecule has 1 aliphatic rings. The molecule has 4 nitrogen and oxygen atoms in total. The number of rotatable bonds is 10. The number of ketones is 1. The quantitative estimate of drug-likeness (QED) is 0.317. The van der Waals surface area contributed by atoms with E-state index in [0.29, 0.717) is 31.2 Å². The SMILES string of the molecule is CCC(F)(F)c1cccc(S(=O)(=O)C(C)(C)C2CC(C(=O)CCCc3ccc(C(F)(F)F)nc3)C2)c1. The zero-order chi connectivity index (χ0) is 26.9. The maximum absolute atomic E-state index is 14.1. The van der Waals surface area contributed by atoms with Crippen molar-refractivity contribution in [2.45, 2.75) is 81.0 Å². The van der Waals surface area contributed by atoms with E-state index in [9.17, 15) is 35.2 Å². The monoisotopic (exact) mass is 531 g/mol. The number of sulfone groups is 1. The van der Waals surface area contributed by atoms with E-state index in [1.54, 1.807) is 13.8 Å². The Balaban J connectivity index is 1.56. The summed E-state index contributed by atoms with van der Waals surface area (Å²) in [4.78, 5) is 15.8. The second-order valence-electron chi connectivity index (χ2n) is 9.93. The summed E-state index contributed by atoms with van der Waals surface area (Å²) in [5.41, 5.74) is -0.705. The normalized spacial score (nSPS) is 19.1. The van der Waals surface area contributed by atoms with Crippen LogP contribution in [0.4, 0.5) is 22.0 Å². The Hall–Kier alpha value is -2.36. The molecule has 3 rings (SSSR count). The van der Waals surface area contributed by atoms with E-state index >= 15 is 0 Å². The molecule has 198 valence electrons. The van der Waals surface area contributed by atoms with Crippen molar-refractivity contribution < 1.29 is 35.2 Å². The molecule has 1 heterocycles. The lowest BCUT2D eigenvalue weighted by Crippen LogP contribution is -2.48. The second-order valence-corrected chi connectivity index (χ2v) is 12.5. The molecular weight excluding hydrogens is 501 g/mol. The van der Waals surface area contributed by atoms with Gasteiger partial charge in [-0.1, -0.05) is 25.1 Å². The summed E-state index contributed by atoms with van der Waals surface area (Å²) in [7, 11) is -3.94. The molecule has 10 heteroatoms. The minimum absolute atomic E-state index is 0.0103. The third-order valence-electron chi connectivity index (χ3n) is 7.28. The van der Waals surface area contributed by atoms with E-state index in [-0.39, 0.29) is 34.5 Å². The third-order valence-corrected chi connectivity index (χ3v) is 9.88. The molecule has 0 atom stereocenters. The van der Waals surface area contributed by atoms with Gasteiger partial charge in [0, 0.05) is 30.5 Å². The average molecular weight is 532 g/mol. The van der Waals surface area contributed by atoms with E-state index in [0.717, 1.165) is 18.3 Å². The molecule has 1 aromatic heterocycles. The van der Waals surface area contributed by atoms with Gasteiger partial charge in [-0.25, -0.2) is 17.2 Å². The van der Waals surface area contributed by atoms with Gasteiger partial charge in [0.2, 0.25) is 0 Å². The van der Waals surface area contributed by atoms with Gasteiger partial charge in [0.1, 0.15) is 11.5 Å². The summed E-state index contributed by atoms with van der Waals surface area (Å²) in [6.07, 6.45) is -1.92. The number of halogens is 5. The Morgan fingerprint density at radius 1 is 1.06 bits per heavy atom. The van der Waals surface area contributed by atoms with Crippen molar-refractivity contribution in [1.29, 1.82) is 0 Å². The van der Waals surface area contributed by atoms with Crippen LogP contribution in [0.3, 0.4) is 0 Å². The number of hydrogen-bond acceptors (Lipinski definition) is 4. The summed E-state index contributed by atoms with van der Waals surface area (Å²) >= 11 is 0. The van der Waals surface area contributed by atoms with Gasteiger partial charge in [0.15, 0.2) is 9.84 Å². The van der Waals surface area contributed by atoms with Crippen LogP contribution < -0.4 is 0 Å². The lowest BCUT2D eigenvalue weighted by atomic mass is 9.67. The van der Waals surface area contributed by atoms with E-state index in [1.807, 2.05) is 0 Å². The third kappa shape index (κ3) is 5.79. The number of pyridine rings is 1. The van der Waals surface area contributed by atoms with Crippen LogP contribution in [0, 0.1) is 11.8 Å². The summed E-state index contributed by atoms with van der Waals surface area (Å²) in [6.45, 7) is 4.46. The van der Waals surface area contributed by atoms with Crippen LogP contribution in [0.5, 0.6) is 0 Å². The van der Waals surface area contributed by atoms with Gasteiger partial charge in [-0.2, -0.15) is 13.2 Å². The molecule has 1 saturated carbocycles. The zero-order valence-corrected chi connectivity index (χ0v) is 21.2. The van der Waals surface area contributed by atoms with Crippen LogP contribution >= 0.6 is 0 Å². The first-order valence-electron chi connectivity index (χ1n) is 11.9. The molecule has 1 aliphatic carbocycles. The van der Waals surface area contributed by atoms with Crippen LogP contribution in [0.25, 0.3) is 0 Å². The molecule has 0 radical (unpaired) electrons. The first kappa shape index (κ1) is 28.2. The number of Topliss-reactive ketones (excluding diaryl/α,β-unsaturated/α-hetero) is 1. The topological polar surface area (TPSA) is 64.1 Å². The van der Waals surface area contributed by atoms with Crippen molar-refractivity contribution >= 4 is 15.6 Å². The standard InChI is InChI=1S/C26H30F5NO3S/c1-4-25(27,28)19-8-6-9-21(15-19)36(34,35)24(2,3)20-13-18(14-20)22(33)10-5-7-17-11-12-23(32-16-17)26(29,30)31/h6,8-9,11-12,15-16,18,20H,4-5,7,10,13-14H2,1-3H3. The molecule has 0 amide bonds. The number of hydrogen-bond donors (Lipinski definition) is 0. The Bertz CT molecular complexity index is 1180. The molecule has 2 aromatic rings. The summed E-state index contributed by atoms with van der Waals surface area (Å²) < 4.78 is 91.5. The molecule has 1 aromatic carbocycles. The lowest BCUT2D eigenvalue weighted by Gasteiger charge is -2.44.